The monoisotopic (exact) mass is 401 g/mol. The number of benzene rings is 2. The summed E-state index contributed by atoms with van der Waals surface area (Å²) in [6.45, 7) is 3.58. The number of ketones is 1. The topological polar surface area (TPSA) is 72.5 Å². The third-order valence-corrected chi connectivity index (χ3v) is 4.38. The lowest BCUT2D eigenvalue weighted by atomic mass is 10.0. The van der Waals surface area contributed by atoms with Gasteiger partial charge in [0, 0.05) is 22.7 Å². The highest BCUT2D eigenvalue weighted by Gasteiger charge is 2.19. The zero-order valence-corrected chi connectivity index (χ0v) is 16.8. The Kier molecular flexibility index (Phi) is 8.20. The van der Waals surface area contributed by atoms with Crippen molar-refractivity contribution in [3.8, 4) is 0 Å². The van der Waals surface area contributed by atoms with Gasteiger partial charge in [-0.15, -0.1) is 0 Å². The summed E-state index contributed by atoms with van der Waals surface area (Å²) < 4.78 is 5.12. The molecule has 0 aromatic heterocycles. The SMILES string of the molecule is CCCc1ccc(C(=O)CCC(=O)O[C@H](C)C(=O)Nc2cccc(Cl)c2)cc1. The van der Waals surface area contributed by atoms with E-state index in [0.29, 0.717) is 16.3 Å². The maximum atomic E-state index is 12.2. The second-order valence-corrected chi connectivity index (χ2v) is 6.94. The number of anilines is 1. The van der Waals surface area contributed by atoms with Crippen LogP contribution in [0, 0.1) is 0 Å². The van der Waals surface area contributed by atoms with E-state index < -0.39 is 18.0 Å². The maximum absolute atomic E-state index is 12.2. The molecule has 148 valence electrons. The van der Waals surface area contributed by atoms with E-state index in [2.05, 4.69) is 12.2 Å². The Bertz CT molecular complexity index is 833. The zero-order valence-electron chi connectivity index (χ0n) is 16.0. The lowest BCUT2D eigenvalue weighted by Gasteiger charge is -2.13. The molecule has 1 atom stereocenters. The van der Waals surface area contributed by atoms with Gasteiger partial charge in [-0.1, -0.05) is 55.3 Å². The van der Waals surface area contributed by atoms with Gasteiger partial charge in [0.2, 0.25) is 0 Å². The molecule has 1 amide bonds. The summed E-state index contributed by atoms with van der Waals surface area (Å²) in [5, 5.41) is 3.12. The van der Waals surface area contributed by atoms with Crippen molar-refractivity contribution in [3.63, 3.8) is 0 Å². The highest BCUT2D eigenvalue weighted by atomic mass is 35.5. The van der Waals surface area contributed by atoms with Crippen LogP contribution in [-0.4, -0.2) is 23.8 Å². The highest BCUT2D eigenvalue weighted by molar-refractivity contribution is 6.30. The van der Waals surface area contributed by atoms with Crippen molar-refractivity contribution < 1.29 is 19.1 Å². The fraction of sp³-hybridized carbons (Fsp3) is 0.318. The van der Waals surface area contributed by atoms with Crippen LogP contribution in [0.5, 0.6) is 0 Å². The lowest BCUT2D eigenvalue weighted by molar-refractivity contribution is -0.153. The van der Waals surface area contributed by atoms with Gasteiger partial charge < -0.3 is 10.1 Å². The molecule has 0 unspecified atom stereocenters. The Morgan fingerprint density at radius 3 is 2.43 bits per heavy atom. The Morgan fingerprint density at radius 2 is 1.79 bits per heavy atom. The first-order valence-electron chi connectivity index (χ1n) is 9.27. The molecule has 2 aromatic rings. The predicted octanol–water partition coefficient (Wildman–Crippen LogP) is 4.83. The summed E-state index contributed by atoms with van der Waals surface area (Å²) in [7, 11) is 0. The van der Waals surface area contributed by atoms with Crippen LogP contribution in [0.3, 0.4) is 0 Å². The fourth-order valence-electron chi connectivity index (χ4n) is 2.63. The number of ether oxygens (including phenoxy) is 1. The Morgan fingerprint density at radius 1 is 1.07 bits per heavy atom. The van der Waals surface area contributed by atoms with Crippen molar-refractivity contribution in [1.29, 1.82) is 0 Å². The van der Waals surface area contributed by atoms with Crippen LogP contribution in [0.25, 0.3) is 0 Å². The summed E-state index contributed by atoms with van der Waals surface area (Å²) in [6.07, 6.45) is 0.992. The van der Waals surface area contributed by atoms with Gasteiger partial charge in [0.25, 0.3) is 5.91 Å². The van der Waals surface area contributed by atoms with Gasteiger partial charge in [0.1, 0.15) is 0 Å². The van der Waals surface area contributed by atoms with E-state index in [0.717, 1.165) is 12.8 Å². The second kappa shape index (κ2) is 10.6. The van der Waals surface area contributed by atoms with Gasteiger partial charge in [-0.2, -0.15) is 0 Å². The number of amides is 1. The minimum Gasteiger partial charge on any atom is -0.453 e. The van der Waals surface area contributed by atoms with E-state index in [1.54, 1.807) is 36.4 Å². The van der Waals surface area contributed by atoms with Crippen molar-refractivity contribution in [2.24, 2.45) is 0 Å². The molecule has 0 aliphatic heterocycles. The van der Waals surface area contributed by atoms with E-state index in [1.807, 2.05) is 12.1 Å². The average molecular weight is 402 g/mol. The first-order valence-corrected chi connectivity index (χ1v) is 9.65. The highest BCUT2D eigenvalue weighted by Crippen LogP contribution is 2.15. The van der Waals surface area contributed by atoms with Gasteiger partial charge in [-0.3, -0.25) is 14.4 Å². The molecule has 0 saturated carbocycles. The number of esters is 1. The van der Waals surface area contributed by atoms with Gasteiger partial charge >= 0.3 is 5.97 Å². The molecule has 5 nitrogen and oxygen atoms in total. The molecular weight excluding hydrogens is 378 g/mol. The number of rotatable bonds is 9. The lowest BCUT2D eigenvalue weighted by Crippen LogP contribution is -2.30. The maximum Gasteiger partial charge on any atom is 0.307 e. The standard InChI is InChI=1S/C22H24ClNO4/c1-3-5-16-8-10-17(11-9-16)20(25)12-13-21(26)28-15(2)22(27)24-19-7-4-6-18(23)14-19/h4,6-11,14-15H,3,5,12-13H2,1-2H3,(H,24,27)/t15-/m1/s1. The zero-order chi connectivity index (χ0) is 20.5. The third kappa shape index (κ3) is 6.82. The molecule has 0 aliphatic rings. The van der Waals surface area contributed by atoms with Crippen molar-refractivity contribution in [3.05, 3.63) is 64.7 Å². The van der Waals surface area contributed by atoms with Crippen molar-refractivity contribution in [1.82, 2.24) is 0 Å². The number of hydrogen-bond acceptors (Lipinski definition) is 4. The van der Waals surface area contributed by atoms with Crippen LogP contribution in [0.15, 0.2) is 48.5 Å². The van der Waals surface area contributed by atoms with E-state index in [1.165, 1.54) is 12.5 Å². The fourth-order valence-corrected chi connectivity index (χ4v) is 2.82. The van der Waals surface area contributed by atoms with Crippen LogP contribution in [0.2, 0.25) is 5.02 Å². The van der Waals surface area contributed by atoms with E-state index in [-0.39, 0.29) is 18.6 Å². The summed E-state index contributed by atoms with van der Waals surface area (Å²) in [6, 6.07) is 14.1. The van der Waals surface area contributed by atoms with Crippen LogP contribution in [-0.2, 0) is 20.7 Å². The second-order valence-electron chi connectivity index (χ2n) is 6.50. The van der Waals surface area contributed by atoms with Gasteiger partial charge in [-0.05, 0) is 37.1 Å². The summed E-state index contributed by atoms with van der Waals surface area (Å²) in [5.41, 5.74) is 2.26. The number of carbonyl (C=O) groups is 3. The smallest absolute Gasteiger partial charge is 0.307 e. The first kappa shape index (κ1) is 21.6. The molecule has 6 heteroatoms. The molecule has 0 bridgehead atoms. The summed E-state index contributed by atoms with van der Waals surface area (Å²) in [5.74, 6) is -1.19. The molecule has 0 spiro atoms. The van der Waals surface area contributed by atoms with Crippen LogP contribution in [0.1, 0.15) is 49.0 Å². The molecule has 2 aromatic carbocycles. The molecule has 2 rings (SSSR count). The molecular formula is C22H24ClNO4. The van der Waals surface area contributed by atoms with Crippen molar-refractivity contribution in [2.45, 2.75) is 45.6 Å². The predicted molar refractivity (Wildman–Crippen MR) is 110 cm³/mol. The molecule has 0 saturated heterocycles. The normalized spacial score (nSPS) is 11.5. The number of halogens is 1. The Hall–Kier alpha value is -2.66. The molecule has 0 heterocycles. The number of carbonyl (C=O) groups excluding carboxylic acids is 3. The number of hydrogen-bond donors (Lipinski definition) is 1. The van der Waals surface area contributed by atoms with Gasteiger partial charge in [0.15, 0.2) is 11.9 Å². The van der Waals surface area contributed by atoms with E-state index >= 15 is 0 Å². The third-order valence-electron chi connectivity index (χ3n) is 4.14. The van der Waals surface area contributed by atoms with Crippen LogP contribution in [0.4, 0.5) is 5.69 Å². The minimum atomic E-state index is -0.977. The molecule has 0 aliphatic carbocycles. The Balaban J connectivity index is 1.79. The molecule has 0 fully saturated rings. The summed E-state index contributed by atoms with van der Waals surface area (Å²) in [4.78, 5) is 36.3. The first-order chi connectivity index (χ1) is 13.4. The number of aryl methyl sites for hydroxylation is 1. The average Bonchev–Trinajstić information content (AvgIpc) is 2.67. The van der Waals surface area contributed by atoms with E-state index in [9.17, 15) is 14.4 Å². The van der Waals surface area contributed by atoms with Crippen molar-refractivity contribution >= 4 is 34.9 Å². The molecule has 0 radical (unpaired) electrons. The molecule has 1 N–H and O–H groups in total. The van der Waals surface area contributed by atoms with Crippen LogP contribution < -0.4 is 5.32 Å². The van der Waals surface area contributed by atoms with Gasteiger partial charge in [-0.25, -0.2) is 0 Å². The number of nitrogens with one attached hydrogen (secondary N) is 1. The van der Waals surface area contributed by atoms with Crippen LogP contribution >= 0.6 is 11.6 Å². The largest absolute Gasteiger partial charge is 0.453 e. The van der Waals surface area contributed by atoms with Crippen molar-refractivity contribution in [2.75, 3.05) is 5.32 Å². The quantitative estimate of drug-likeness (QED) is 0.482. The van der Waals surface area contributed by atoms with E-state index in [4.69, 9.17) is 16.3 Å². The molecule has 28 heavy (non-hydrogen) atoms. The Labute approximate surface area is 170 Å². The summed E-state index contributed by atoms with van der Waals surface area (Å²) >= 11 is 5.87. The minimum absolute atomic E-state index is 0.0363. The number of Topliss-reactive ketones (excluding diaryl/α,β-unsaturated/α-hetero) is 1. The van der Waals surface area contributed by atoms with Gasteiger partial charge in [0.05, 0.1) is 6.42 Å².